The second-order valence-electron chi connectivity index (χ2n) is 4.96. The molecule has 0 bridgehead atoms. The molecule has 5 nitrogen and oxygen atoms in total. The van der Waals surface area contributed by atoms with Gasteiger partial charge in [0.25, 0.3) is 5.91 Å². The normalized spacial score (nSPS) is 10.3. The smallest absolute Gasteiger partial charge is 0.275 e. The molecule has 0 saturated carbocycles. The van der Waals surface area contributed by atoms with Crippen molar-refractivity contribution in [1.82, 2.24) is 4.98 Å². The molecule has 0 atom stereocenters. The fourth-order valence-electron chi connectivity index (χ4n) is 1.82. The molecule has 2 aromatic rings. The summed E-state index contributed by atoms with van der Waals surface area (Å²) in [6.45, 7) is 4.43. The van der Waals surface area contributed by atoms with Gasteiger partial charge in [0, 0.05) is 28.0 Å². The minimum absolute atomic E-state index is 0. The number of ether oxygens (including phenoxy) is 1. The van der Waals surface area contributed by atoms with Crippen LogP contribution in [-0.2, 0) is 6.42 Å². The molecule has 0 radical (unpaired) electrons. The van der Waals surface area contributed by atoms with Crippen molar-refractivity contribution in [3.05, 3.63) is 38.8 Å². The molecule has 0 spiro atoms. The summed E-state index contributed by atoms with van der Waals surface area (Å²) in [5, 5.41) is 5.44. The van der Waals surface area contributed by atoms with Crippen molar-refractivity contribution in [2.75, 3.05) is 11.9 Å². The highest BCUT2D eigenvalue weighted by Crippen LogP contribution is 2.26. The second kappa shape index (κ2) is 9.22. The predicted molar refractivity (Wildman–Crippen MR) is 100.0 cm³/mol. The lowest BCUT2D eigenvalue weighted by Gasteiger charge is -2.12. The Morgan fingerprint density at radius 2 is 2.17 bits per heavy atom. The summed E-state index contributed by atoms with van der Waals surface area (Å²) in [5.41, 5.74) is 6.55. The maximum absolute atomic E-state index is 12.2. The highest BCUT2D eigenvalue weighted by molar-refractivity contribution is 9.10. The van der Waals surface area contributed by atoms with Gasteiger partial charge in [-0.05, 0) is 32.5 Å². The van der Waals surface area contributed by atoms with E-state index >= 15 is 0 Å². The fourth-order valence-corrected chi connectivity index (χ4v) is 3.09. The number of rotatable bonds is 6. The Labute approximate surface area is 154 Å². The summed E-state index contributed by atoms with van der Waals surface area (Å²) in [6, 6.07) is 5.46. The van der Waals surface area contributed by atoms with Crippen LogP contribution in [0.5, 0.6) is 5.75 Å². The van der Waals surface area contributed by atoms with Crippen LogP contribution in [0.3, 0.4) is 0 Å². The number of aromatic nitrogens is 1. The Balaban J connectivity index is 0.00000264. The molecule has 0 unspecified atom stereocenters. The van der Waals surface area contributed by atoms with Gasteiger partial charge < -0.3 is 15.8 Å². The van der Waals surface area contributed by atoms with E-state index in [0.29, 0.717) is 30.1 Å². The number of carbonyl (C=O) groups excluding carboxylic acids is 1. The van der Waals surface area contributed by atoms with Crippen LogP contribution in [0.2, 0.25) is 0 Å². The summed E-state index contributed by atoms with van der Waals surface area (Å²) in [7, 11) is 0. The van der Waals surface area contributed by atoms with Gasteiger partial charge in [0.1, 0.15) is 11.4 Å². The van der Waals surface area contributed by atoms with Crippen molar-refractivity contribution in [1.29, 1.82) is 0 Å². The van der Waals surface area contributed by atoms with Crippen molar-refractivity contribution < 1.29 is 9.53 Å². The van der Waals surface area contributed by atoms with E-state index < -0.39 is 0 Å². The number of nitrogens with one attached hydrogen (secondary N) is 1. The maximum atomic E-state index is 12.2. The van der Waals surface area contributed by atoms with E-state index in [1.54, 1.807) is 11.4 Å². The average molecular weight is 421 g/mol. The van der Waals surface area contributed by atoms with Gasteiger partial charge in [-0.15, -0.1) is 23.7 Å². The third-order valence-electron chi connectivity index (χ3n) is 2.64. The van der Waals surface area contributed by atoms with Crippen molar-refractivity contribution in [2.45, 2.75) is 26.4 Å². The third kappa shape index (κ3) is 6.10. The number of benzene rings is 1. The van der Waals surface area contributed by atoms with E-state index in [4.69, 9.17) is 10.5 Å². The molecule has 2 rings (SSSR count). The molecule has 1 aromatic carbocycles. The van der Waals surface area contributed by atoms with Gasteiger partial charge >= 0.3 is 0 Å². The molecule has 0 aliphatic carbocycles. The highest BCUT2D eigenvalue weighted by atomic mass is 79.9. The molecule has 3 N–H and O–H groups in total. The van der Waals surface area contributed by atoms with Crippen LogP contribution in [0, 0.1) is 0 Å². The van der Waals surface area contributed by atoms with Crippen LogP contribution >= 0.6 is 39.7 Å². The summed E-state index contributed by atoms with van der Waals surface area (Å²) < 4.78 is 6.49. The monoisotopic (exact) mass is 419 g/mol. The van der Waals surface area contributed by atoms with E-state index in [-0.39, 0.29) is 24.4 Å². The lowest BCUT2D eigenvalue weighted by atomic mass is 10.3. The molecule has 0 aliphatic rings. The summed E-state index contributed by atoms with van der Waals surface area (Å²) in [5.74, 6) is 0.454. The van der Waals surface area contributed by atoms with Gasteiger partial charge in [-0.2, -0.15) is 0 Å². The number of nitrogens with zero attached hydrogens (tertiary/aromatic N) is 1. The average Bonchev–Trinajstić information content (AvgIpc) is 2.86. The Morgan fingerprint density at radius 3 is 2.83 bits per heavy atom. The lowest BCUT2D eigenvalue weighted by Crippen LogP contribution is -2.13. The zero-order valence-electron chi connectivity index (χ0n) is 12.8. The number of amides is 1. The number of thiazole rings is 1. The van der Waals surface area contributed by atoms with E-state index in [1.807, 2.05) is 26.0 Å². The fraction of sp³-hybridized carbons (Fsp3) is 0.333. The molecule has 0 aliphatic heterocycles. The van der Waals surface area contributed by atoms with Crippen LogP contribution in [0.4, 0.5) is 5.69 Å². The quantitative estimate of drug-likeness (QED) is 0.743. The van der Waals surface area contributed by atoms with E-state index in [1.165, 1.54) is 11.3 Å². The SMILES string of the molecule is CC(C)Oc1cc(Br)cc(NC(=O)c2csc(CCN)n2)c1.Cl. The van der Waals surface area contributed by atoms with Gasteiger partial charge in [-0.1, -0.05) is 15.9 Å². The molecular weight excluding hydrogens is 402 g/mol. The maximum Gasteiger partial charge on any atom is 0.275 e. The lowest BCUT2D eigenvalue weighted by molar-refractivity contribution is 0.102. The molecule has 126 valence electrons. The number of anilines is 1. The van der Waals surface area contributed by atoms with Crippen LogP contribution in [-0.4, -0.2) is 23.5 Å². The summed E-state index contributed by atoms with van der Waals surface area (Å²) in [6.07, 6.45) is 0.747. The Kier molecular flexibility index (Phi) is 7.98. The first-order valence-electron chi connectivity index (χ1n) is 6.91. The highest BCUT2D eigenvalue weighted by Gasteiger charge is 2.12. The van der Waals surface area contributed by atoms with Crippen LogP contribution in [0.15, 0.2) is 28.1 Å². The number of nitrogens with two attached hydrogens (primary N) is 1. The van der Waals surface area contributed by atoms with E-state index in [0.717, 1.165) is 9.48 Å². The van der Waals surface area contributed by atoms with E-state index in [2.05, 4.69) is 26.2 Å². The first kappa shape index (κ1) is 19.9. The van der Waals surface area contributed by atoms with Crippen LogP contribution in [0.1, 0.15) is 29.3 Å². The topological polar surface area (TPSA) is 77.2 Å². The van der Waals surface area contributed by atoms with Gasteiger partial charge in [0.15, 0.2) is 0 Å². The predicted octanol–water partition coefficient (Wildman–Crippen LogP) is 3.87. The number of halogens is 2. The Morgan fingerprint density at radius 1 is 1.43 bits per heavy atom. The van der Waals surface area contributed by atoms with Gasteiger partial charge in [0.05, 0.1) is 11.1 Å². The largest absolute Gasteiger partial charge is 0.491 e. The van der Waals surface area contributed by atoms with Crippen LogP contribution in [0.25, 0.3) is 0 Å². The number of hydrogen-bond acceptors (Lipinski definition) is 5. The van der Waals surface area contributed by atoms with Crippen molar-refractivity contribution in [3.63, 3.8) is 0 Å². The van der Waals surface area contributed by atoms with Crippen molar-refractivity contribution in [3.8, 4) is 5.75 Å². The first-order valence-corrected chi connectivity index (χ1v) is 8.58. The second-order valence-corrected chi connectivity index (χ2v) is 6.82. The van der Waals surface area contributed by atoms with Crippen LogP contribution < -0.4 is 15.8 Å². The first-order chi connectivity index (χ1) is 10.5. The third-order valence-corrected chi connectivity index (χ3v) is 4.01. The van der Waals surface area contributed by atoms with E-state index in [9.17, 15) is 4.79 Å². The molecule has 8 heteroatoms. The molecule has 1 amide bonds. The summed E-state index contributed by atoms with van der Waals surface area (Å²) >= 11 is 4.86. The molecule has 0 fully saturated rings. The standard InChI is InChI=1S/C15H18BrN3O2S.ClH/c1-9(2)21-12-6-10(16)5-11(7-12)18-15(20)13-8-22-14(19-13)3-4-17;/h5-9H,3-4,17H2,1-2H3,(H,18,20);1H. The molecular formula is C15H19BrClN3O2S. The van der Waals surface area contributed by atoms with Gasteiger partial charge in [-0.3, -0.25) is 4.79 Å². The number of carbonyl (C=O) groups is 1. The van der Waals surface area contributed by atoms with Gasteiger partial charge in [-0.25, -0.2) is 4.98 Å². The minimum atomic E-state index is -0.242. The molecule has 1 aromatic heterocycles. The van der Waals surface area contributed by atoms with Gasteiger partial charge in [0.2, 0.25) is 0 Å². The number of hydrogen-bond donors (Lipinski definition) is 2. The minimum Gasteiger partial charge on any atom is -0.491 e. The van der Waals surface area contributed by atoms with Crippen molar-refractivity contribution >= 4 is 51.3 Å². The molecule has 1 heterocycles. The molecule has 0 saturated heterocycles. The Bertz CT molecular complexity index is 664. The van der Waals surface area contributed by atoms with Crippen molar-refractivity contribution in [2.24, 2.45) is 5.73 Å². The molecule has 23 heavy (non-hydrogen) atoms. The summed E-state index contributed by atoms with van der Waals surface area (Å²) in [4.78, 5) is 16.5. The zero-order valence-corrected chi connectivity index (χ0v) is 16.1. The zero-order chi connectivity index (χ0) is 16.1. The Hall–Kier alpha value is -1.15.